The Morgan fingerprint density at radius 2 is 1.64 bits per heavy atom. The summed E-state index contributed by atoms with van der Waals surface area (Å²) in [7, 11) is 0. The number of carboxylic acid groups (broad SMARTS) is 1. The molecule has 0 spiro atoms. The van der Waals surface area contributed by atoms with Crippen molar-refractivity contribution >= 4 is 34.7 Å². The Hall–Kier alpha value is -4.49. The molecule has 2 aromatic heterocycles. The van der Waals surface area contributed by atoms with Gasteiger partial charge < -0.3 is 14.8 Å². The van der Waals surface area contributed by atoms with E-state index in [1.54, 1.807) is 29.1 Å². The fraction of sp³-hybridized carbons (Fsp3) is 0.0357. The van der Waals surface area contributed by atoms with Crippen molar-refractivity contribution in [3.05, 3.63) is 137 Å². The summed E-state index contributed by atoms with van der Waals surface area (Å²) in [6, 6.07) is 23.9. The average Bonchev–Trinajstić information content (AvgIpc) is 3.37. The second kappa shape index (κ2) is 10.0. The first kappa shape index (κ1) is 23.3. The summed E-state index contributed by atoms with van der Waals surface area (Å²) >= 11 is 6.44. The van der Waals surface area contributed by atoms with Crippen molar-refractivity contribution in [2.75, 3.05) is 0 Å². The van der Waals surface area contributed by atoms with Crippen molar-refractivity contribution in [1.82, 2.24) is 14.7 Å². The molecule has 1 amide bonds. The average molecular weight is 499 g/mol. The Bertz CT molecular complexity index is 1530. The van der Waals surface area contributed by atoms with Gasteiger partial charge in [0.1, 0.15) is 11.5 Å². The second-order valence-electron chi connectivity index (χ2n) is 8.01. The zero-order valence-electron chi connectivity index (χ0n) is 18.8. The number of hydrogen-bond donors (Lipinski definition) is 2. The van der Waals surface area contributed by atoms with Crippen LogP contribution >= 0.6 is 11.6 Å². The Labute approximate surface area is 211 Å². The Kier molecular flexibility index (Phi) is 6.47. The van der Waals surface area contributed by atoms with E-state index in [0.29, 0.717) is 22.6 Å². The van der Waals surface area contributed by atoms with Gasteiger partial charge in [-0.1, -0.05) is 72.3 Å². The van der Waals surface area contributed by atoms with Gasteiger partial charge in [-0.2, -0.15) is 0 Å². The van der Waals surface area contributed by atoms with Crippen molar-refractivity contribution < 1.29 is 14.3 Å². The van der Waals surface area contributed by atoms with Crippen molar-refractivity contribution in [2.45, 2.75) is 6.04 Å². The maximum atomic E-state index is 14.3. The first-order chi connectivity index (χ1) is 17.5. The number of fused-ring (bicyclic) bond motifs is 1. The molecule has 0 radical (unpaired) electrons. The van der Waals surface area contributed by atoms with E-state index < -0.39 is 18.0 Å². The number of nitrogens with one attached hydrogen (secondary N) is 1. The summed E-state index contributed by atoms with van der Waals surface area (Å²) in [5.41, 5.74) is 4.09. The van der Waals surface area contributed by atoms with E-state index in [4.69, 9.17) is 16.6 Å². The minimum Gasteiger partial charge on any atom is -0.465 e. The predicted octanol–water partition coefficient (Wildman–Crippen LogP) is 6.65. The normalized spacial score (nSPS) is 11.7. The smallest absolute Gasteiger partial charge is 0.405 e. The van der Waals surface area contributed by atoms with E-state index in [1.807, 2.05) is 60.7 Å². The molecule has 0 aliphatic carbocycles. The standard InChI is InChI=1S/C28H20ClFN4O2/c29-22-12-11-20(30)17-21(22)26(33-28(35)36)24-23(13-15-34-16-14-31-27(24)34)32-25(18-7-3-1-4-8-18)19-9-5-2-6-10-19/h1-17,26,33H,(H,35,36). The highest BCUT2D eigenvalue weighted by Crippen LogP contribution is 2.37. The molecule has 1 atom stereocenters. The van der Waals surface area contributed by atoms with Crippen LogP contribution in [0.5, 0.6) is 0 Å². The number of amides is 1. The second-order valence-corrected chi connectivity index (χ2v) is 8.42. The fourth-order valence-corrected chi connectivity index (χ4v) is 4.37. The van der Waals surface area contributed by atoms with Crippen LogP contribution in [-0.2, 0) is 0 Å². The van der Waals surface area contributed by atoms with E-state index in [2.05, 4.69) is 10.3 Å². The van der Waals surface area contributed by atoms with Gasteiger partial charge in [0.2, 0.25) is 0 Å². The van der Waals surface area contributed by atoms with Crippen LogP contribution in [0, 0.1) is 5.82 Å². The molecule has 36 heavy (non-hydrogen) atoms. The number of imidazole rings is 1. The molecule has 5 aromatic rings. The van der Waals surface area contributed by atoms with Crippen LogP contribution in [0.15, 0.2) is 109 Å². The number of hydrogen-bond acceptors (Lipinski definition) is 3. The van der Waals surface area contributed by atoms with E-state index in [1.165, 1.54) is 18.2 Å². The Morgan fingerprint density at radius 3 is 2.28 bits per heavy atom. The lowest BCUT2D eigenvalue weighted by molar-refractivity contribution is 0.192. The molecular formula is C28H20ClFN4O2. The van der Waals surface area contributed by atoms with Gasteiger partial charge in [0, 0.05) is 45.9 Å². The lowest BCUT2D eigenvalue weighted by Crippen LogP contribution is -2.28. The lowest BCUT2D eigenvalue weighted by Gasteiger charge is -2.22. The molecule has 178 valence electrons. The third-order valence-corrected chi connectivity index (χ3v) is 6.07. The zero-order valence-corrected chi connectivity index (χ0v) is 19.6. The van der Waals surface area contributed by atoms with Crippen molar-refractivity contribution in [2.24, 2.45) is 4.99 Å². The number of aliphatic imine (C=N–C) groups is 1. The van der Waals surface area contributed by atoms with Gasteiger partial charge >= 0.3 is 6.09 Å². The molecule has 0 saturated heterocycles. The van der Waals surface area contributed by atoms with Gasteiger partial charge in [0.25, 0.3) is 0 Å². The van der Waals surface area contributed by atoms with Gasteiger partial charge in [-0.05, 0) is 24.3 Å². The summed E-state index contributed by atoms with van der Waals surface area (Å²) in [6.45, 7) is 0. The molecule has 0 bridgehead atoms. The van der Waals surface area contributed by atoms with Crippen LogP contribution in [0.1, 0.15) is 28.3 Å². The predicted molar refractivity (Wildman–Crippen MR) is 138 cm³/mol. The zero-order chi connectivity index (χ0) is 25.1. The lowest BCUT2D eigenvalue weighted by atomic mass is 9.97. The summed E-state index contributed by atoms with van der Waals surface area (Å²) in [6.07, 6.45) is 3.85. The third kappa shape index (κ3) is 4.69. The first-order valence-electron chi connectivity index (χ1n) is 11.1. The maximum absolute atomic E-state index is 14.3. The topological polar surface area (TPSA) is 79.0 Å². The van der Waals surface area contributed by atoms with Crippen molar-refractivity contribution in [1.29, 1.82) is 0 Å². The minimum atomic E-state index is -1.30. The molecule has 1 unspecified atom stereocenters. The first-order valence-corrected chi connectivity index (χ1v) is 11.5. The molecule has 0 saturated carbocycles. The van der Waals surface area contributed by atoms with E-state index in [0.717, 1.165) is 11.1 Å². The Balaban J connectivity index is 1.80. The molecule has 0 fully saturated rings. The van der Waals surface area contributed by atoms with E-state index >= 15 is 0 Å². The van der Waals surface area contributed by atoms with Gasteiger partial charge in [-0.15, -0.1) is 0 Å². The Morgan fingerprint density at radius 1 is 0.972 bits per heavy atom. The molecule has 2 heterocycles. The van der Waals surface area contributed by atoms with E-state index in [9.17, 15) is 14.3 Å². The highest BCUT2D eigenvalue weighted by atomic mass is 35.5. The van der Waals surface area contributed by atoms with Crippen molar-refractivity contribution in [3.8, 4) is 0 Å². The van der Waals surface area contributed by atoms with Gasteiger partial charge in [0.15, 0.2) is 0 Å². The molecule has 2 N–H and O–H groups in total. The van der Waals surface area contributed by atoms with Gasteiger partial charge in [0.05, 0.1) is 17.4 Å². The van der Waals surface area contributed by atoms with E-state index in [-0.39, 0.29) is 10.6 Å². The van der Waals surface area contributed by atoms with Crippen LogP contribution in [0.3, 0.4) is 0 Å². The molecule has 0 aliphatic rings. The van der Waals surface area contributed by atoms with Crippen LogP contribution < -0.4 is 5.32 Å². The number of rotatable bonds is 6. The SMILES string of the molecule is O=C(O)NC(c1cc(F)ccc1Cl)c1c(N=C(c2ccccc2)c2ccccc2)ccn2ccnc12. The number of carbonyl (C=O) groups is 1. The molecular weight excluding hydrogens is 479 g/mol. The van der Waals surface area contributed by atoms with Crippen molar-refractivity contribution in [3.63, 3.8) is 0 Å². The largest absolute Gasteiger partial charge is 0.465 e. The third-order valence-electron chi connectivity index (χ3n) is 5.73. The molecule has 3 aromatic carbocycles. The fourth-order valence-electron chi connectivity index (χ4n) is 4.14. The number of aromatic nitrogens is 2. The molecule has 6 nitrogen and oxygen atoms in total. The quantitative estimate of drug-likeness (QED) is 0.257. The number of benzene rings is 3. The minimum absolute atomic E-state index is 0.213. The number of pyridine rings is 1. The summed E-state index contributed by atoms with van der Waals surface area (Å²) in [5, 5.41) is 12.4. The van der Waals surface area contributed by atoms with Gasteiger partial charge in [-0.25, -0.2) is 19.2 Å². The number of nitrogens with zero attached hydrogens (tertiary/aromatic N) is 3. The monoisotopic (exact) mass is 498 g/mol. The molecule has 5 rings (SSSR count). The maximum Gasteiger partial charge on any atom is 0.405 e. The highest BCUT2D eigenvalue weighted by Gasteiger charge is 2.26. The highest BCUT2D eigenvalue weighted by molar-refractivity contribution is 6.31. The van der Waals surface area contributed by atoms with Crippen LogP contribution in [0.25, 0.3) is 5.65 Å². The summed E-state index contributed by atoms with van der Waals surface area (Å²) < 4.78 is 16.0. The van der Waals surface area contributed by atoms with Gasteiger partial charge in [-0.3, -0.25) is 0 Å². The number of halogens is 2. The molecule has 0 aliphatic heterocycles. The van der Waals surface area contributed by atoms with Crippen LogP contribution in [-0.4, -0.2) is 26.3 Å². The van der Waals surface area contributed by atoms with Crippen LogP contribution in [0.4, 0.5) is 14.9 Å². The summed E-state index contributed by atoms with van der Waals surface area (Å²) in [5.74, 6) is -0.541. The summed E-state index contributed by atoms with van der Waals surface area (Å²) in [4.78, 5) is 21.4. The molecule has 8 heteroatoms. The van der Waals surface area contributed by atoms with Crippen LogP contribution in [0.2, 0.25) is 5.02 Å².